The Bertz CT molecular complexity index is 1380. The van der Waals surface area contributed by atoms with Crippen LogP contribution in [0.3, 0.4) is 0 Å². The molecule has 0 fully saturated rings. The van der Waals surface area contributed by atoms with Gasteiger partial charge in [-0.05, 0) is 55.7 Å². The predicted molar refractivity (Wildman–Crippen MR) is 135 cm³/mol. The van der Waals surface area contributed by atoms with Gasteiger partial charge in [0.25, 0.3) is 5.91 Å². The third kappa shape index (κ3) is 4.97. The van der Waals surface area contributed by atoms with Crippen LogP contribution in [0, 0.1) is 25.2 Å². The summed E-state index contributed by atoms with van der Waals surface area (Å²) in [6, 6.07) is 27.4. The molecule has 4 rings (SSSR count). The lowest BCUT2D eigenvalue weighted by Crippen LogP contribution is -2.27. The third-order valence-corrected chi connectivity index (χ3v) is 5.85. The second kappa shape index (κ2) is 10.0. The van der Waals surface area contributed by atoms with Crippen molar-refractivity contribution in [1.29, 1.82) is 5.26 Å². The molecule has 3 aromatic carbocycles. The van der Waals surface area contributed by atoms with E-state index in [1.165, 1.54) is 5.56 Å². The topological polar surface area (TPSA) is 70.7 Å². The number of carbonyl (C=O) groups is 1. The molecular formula is C29H26N4O. The number of rotatable bonds is 6. The molecule has 1 amide bonds. The van der Waals surface area contributed by atoms with Gasteiger partial charge in [-0.25, -0.2) is 4.68 Å². The SMILES string of the molecule is Cc1ccc(C(C)NC(=O)/C(C#N)=C/c2cn(-c3ccccc3)nc2-c2ccccc2)cc1C. The standard InChI is InChI=1S/C29H26N4O/c1-20-14-15-24(16-21(20)2)22(3)31-29(34)25(18-30)17-26-19-33(27-12-8-5-9-13-27)32-28(26)23-10-6-4-7-11-23/h4-17,19,22H,1-3H3,(H,31,34)/b25-17+. The Labute approximate surface area is 200 Å². The van der Waals surface area contributed by atoms with Crippen molar-refractivity contribution in [3.05, 3.63) is 113 Å². The summed E-state index contributed by atoms with van der Waals surface area (Å²) in [6.07, 6.45) is 3.45. The maximum atomic E-state index is 13.0. The van der Waals surface area contributed by atoms with Gasteiger partial charge in [-0.15, -0.1) is 0 Å². The number of nitrogens with zero attached hydrogens (tertiary/aromatic N) is 3. The second-order valence-corrected chi connectivity index (χ2v) is 8.29. The van der Waals surface area contributed by atoms with Crippen LogP contribution >= 0.6 is 0 Å². The summed E-state index contributed by atoms with van der Waals surface area (Å²) in [5.41, 5.74) is 6.58. The summed E-state index contributed by atoms with van der Waals surface area (Å²) in [4.78, 5) is 13.0. The maximum absolute atomic E-state index is 13.0. The van der Waals surface area contributed by atoms with Crippen molar-refractivity contribution in [3.63, 3.8) is 0 Å². The van der Waals surface area contributed by atoms with E-state index in [0.29, 0.717) is 11.3 Å². The Morgan fingerprint density at radius 2 is 1.68 bits per heavy atom. The first-order valence-electron chi connectivity index (χ1n) is 11.2. The molecule has 0 aliphatic carbocycles. The zero-order chi connectivity index (χ0) is 24.1. The van der Waals surface area contributed by atoms with E-state index in [1.54, 1.807) is 10.8 Å². The normalized spacial score (nSPS) is 12.1. The van der Waals surface area contributed by atoms with E-state index in [9.17, 15) is 10.1 Å². The predicted octanol–water partition coefficient (Wildman–Crippen LogP) is 5.94. The van der Waals surface area contributed by atoms with E-state index in [2.05, 4.69) is 24.4 Å². The van der Waals surface area contributed by atoms with Gasteiger partial charge >= 0.3 is 0 Å². The van der Waals surface area contributed by atoms with E-state index >= 15 is 0 Å². The largest absolute Gasteiger partial charge is 0.345 e. The Kier molecular flexibility index (Phi) is 6.70. The number of hydrogen-bond donors (Lipinski definition) is 1. The minimum Gasteiger partial charge on any atom is -0.345 e. The van der Waals surface area contributed by atoms with E-state index < -0.39 is 5.91 Å². The van der Waals surface area contributed by atoms with Crippen LogP contribution in [0.15, 0.2) is 90.6 Å². The summed E-state index contributed by atoms with van der Waals surface area (Å²) in [6.45, 7) is 6.02. The molecule has 0 bridgehead atoms. The number of nitrogens with one attached hydrogen (secondary N) is 1. The first-order valence-corrected chi connectivity index (χ1v) is 11.2. The minimum atomic E-state index is -0.417. The molecular weight excluding hydrogens is 420 g/mol. The molecule has 1 aromatic heterocycles. The van der Waals surface area contributed by atoms with Crippen molar-refractivity contribution in [2.45, 2.75) is 26.8 Å². The van der Waals surface area contributed by atoms with E-state index in [1.807, 2.05) is 92.8 Å². The summed E-state index contributed by atoms with van der Waals surface area (Å²) in [5.74, 6) is -0.417. The van der Waals surface area contributed by atoms with Crippen LogP contribution in [0.4, 0.5) is 0 Å². The lowest BCUT2D eigenvalue weighted by Gasteiger charge is -2.15. The van der Waals surface area contributed by atoms with Crippen molar-refractivity contribution in [2.75, 3.05) is 0 Å². The summed E-state index contributed by atoms with van der Waals surface area (Å²) in [5, 5.41) is 17.5. The molecule has 0 aliphatic heterocycles. The van der Waals surface area contributed by atoms with Crippen molar-refractivity contribution in [3.8, 4) is 23.0 Å². The zero-order valence-electron chi connectivity index (χ0n) is 19.5. The molecule has 4 aromatic rings. The van der Waals surface area contributed by atoms with Crippen LogP contribution in [0.2, 0.25) is 0 Å². The van der Waals surface area contributed by atoms with Gasteiger partial charge in [0.15, 0.2) is 0 Å². The van der Waals surface area contributed by atoms with Crippen LogP contribution in [0.25, 0.3) is 23.0 Å². The van der Waals surface area contributed by atoms with Crippen molar-refractivity contribution in [1.82, 2.24) is 15.1 Å². The molecule has 0 spiro atoms. The highest BCUT2D eigenvalue weighted by atomic mass is 16.1. The third-order valence-electron chi connectivity index (χ3n) is 5.85. The quantitative estimate of drug-likeness (QED) is 0.294. The number of para-hydroxylation sites is 1. The Balaban J connectivity index is 1.68. The molecule has 168 valence electrons. The molecule has 0 saturated carbocycles. The number of nitriles is 1. The van der Waals surface area contributed by atoms with Crippen molar-refractivity contribution in [2.24, 2.45) is 0 Å². The molecule has 0 aliphatic rings. The molecule has 5 heteroatoms. The Morgan fingerprint density at radius 1 is 1.00 bits per heavy atom. The van der Waals surface area contributed by atoms with Crippen LogP contribution < -0.4 is 5.32 Å². The monoisotopic (exact) mass is 446 g/mol. The number of aryl methyl sites for hydroxylation is 2. The van der Waals surface area contributed by atoms with Crippen LogP contribution in [-0.2, 0) is 4.79 Å². The van der Waals surface area contributed by atoms with E-state index in [-0.39, 0.29) is 11.6 Å². The van der Waals surface area contributed by atoms with Gasteiger partial charge in [-0.2, -0.15) is 10.4 Å². The highest BCUT2D eigenvalue weighted by molar-refractivity contribution is 6.02. The van der Waals surface area contributed by atoms with Crippen LogP contribution in [-0.4, -0.2) is 15.7 Å². The fourth-order valence-electron chi connectivity index (χ4n) is 3.72. The van der Waals surface area contributed by atoms with Gasteiger partial charge in [0, 0.05) is 17.3 Å². The average Bonchev–Trinajstić information content (AvgIpc) is 3.29. The second-order valence-electron chi connectivity index (χ2n) is 8.29. The smallest absolute Gasteiger partial charge is 0.262 e. The summed E-state index contributed by atoms with van der Waals surface area (Å²) in [7, 11) is 0. The molecule has 0 saturated heterocycles. The molecule has 5 nitrogen and oxygen atoms in total. The van der Waals surface area contributed by atoms with Gasteiger partial charge in [-0.1, -0.05) is 66.7 Å². The molecule has 1 unspecified atom stereocenters. The van der Waals surface area contributed by atoms with Gasteiger partial charge in [0.2, 0.25) is 0 Å². The number of carbonyl (C=O) groups excluding carboxylic acids is 1. The number of aromatic nitrogens is 2. The van der Waals surface area contributed by atoms with Gasteiger partial charge in [-0.3, -0.25) is 4.79 Å². The van der Waals surface area contributed by atoms with Gasteiger partial charge in [0.05, 0.1) is 17.4 Å². The lowest BCUT2D eigenvalue weighted by molar-refractivity contribution is -0.117. The maximum Gasteiger partial charge on any atom is 0.262 e. The summed E-state index contributed by atoms with van der Waals surface area (Å²) < 4.78 is 1.76. The fraction of sp³-hybridized carbons (Fsp3) is 0.138. The Morgan fingerprint density at radius 3 is 2.32 bits per heavy atom. The van der Waals surface area contributed by atoms with Gasteiger partial charge in [0.1, 0.15) is 11.6 Å². The average molecular weight is 447 g/mol. The van der Waals surface area contributed by atoms with E-state index in [0.717, 1.165) is 22.4 Å². The molecule has 0 radical (unpaired) electrons. The van der Waals surface area contributed by atoms with E-state index in [4.69, 9.17) is 5.10 Å². The number of hydrogen-bond acceptors (Lipinski definition) is 3. The fourth-order valence-corrected chi connectivity index (χ4v) is 3.72. The minimum absolute atomic E-state index is 0.0282. The molecule has 1 heterocycles. The Hall–Kier alpha value is -4.43. The summed E-state index contributed by atoms with van der Waals surface area (Å²) >= 11 is 0. The molecule has 34 heavy (non-hydrogen) atoms. The van der Waals surface area contributed by atoms with Crippen LogP contribution in [0.5, 0.6) is 0 Å². The van der Waals surface area contributed by atoms with Crippen molar-refractivity contribution < 1.29 is 4.79 Å². The highest BCUT2D eigenvalue weighted by Gasteiger charge is 2.17. The number of amides is 1. The first-order chi connectivity index (χ1) is 16.5. The number of benzene rings is 3. The van der Waals surface area contributed by atoms with Crippen LogP contribution in [0.1, 0.15) is 35.2 Å². The highest BCUT2D eigenvalue weighted by Crippen LogP contribution is 2.26. The van der Waals surface area contributed by atoms with Crippen molar-refractivity contribution >= 4 is 12.0 Å². The van der Waals surface area contributed by atoms with Gasteiger partial charge < -0.3 is 5.32 Å². The molecule has 1 atom stereocenters. The molecule has 1 N–H and O–H groups in total. The lowest BCUT2D eigenvalue weighted by atomic mass is 10.0. The zero-order valence-corrected chi connectivity index (χ0v) is 19.5. The first kappa shape index (κ1) is 22.8.